The van der Waals surface area contributed by atoms with E-state index >= 15 is 0 Å². The molecule has 2 aromatic rings. The third-order valence-electron chi connectivity index (χ3n) is 4.15. The molecule has 1 amide bonds. The Morgan fingerprint density at radius 2 is 1.70 bits per heavy atom. The number of halogens is 2. The van der Waals surface area contributed by atoms with Crippen molar-refractivity contribution in [1.82, 2.24) is 4.31 Å². The summed E-state index contributed by atoms with van der Waals surface area (Å²) in [6, 6.07) is 10.3. The molecule has 2 aromatic carbocycles. The molecule has 1 N–H and O–H groups in total. The van der Waals surface area contributed by atoms with Crippen LogP contribution in [0.2, 0.25) is 0 Å². The Bertz CT molecular complexity index is 929. The second kappa shape index (κ2) is 9.32. The van der Waals surface area contributed by atoms with E-state index in [1.807, 2.05) is 26.0 Å². The standard InChI is InChI=1S/C19H22Br2N2O3S/c1-4-14-11-16(21)10-13(3)19(14)22-18(24)12-23(5-2)27(25,26)17-8-6-15(20)7-9-17/h6-11H,4-5,12H2,1-3H3,(H,22,24). The molecule has 0 saturated carbocycles. The number of nitrogens with one attached hydrogen (secondary N) is 1. The van der Waals surface area contributed by atoms with Crippen LogP contribution in [0.15, 0.2) is 50.2 Å². The molecule has 5 nitrogen and oxygen atoms in total. The van der Waals surface area contributed by atoms with Crippen molar-refractivity contribution in [3.8, 4) is 0 Å². The van der Waals surface area contributed by atoms with E-state index < -0.39 is 10.0 Å². The Hall–Kier alpha value is -1.22. The molecule has 0 heterocycles. The molecule has 0 aromatic heterocycles. The van der Waals surface area contributed by atoms with Crippen LogP contribution in [-0.4, -0.2) is 31.7 Å². The molecule has 0 aliphatic carbocycles. The molecule has 27 heavy (non-hydrogen) atoms. The van der Waals surface area contributed by atoms with Crippen molar-refractivity contribution in [2.75, 3.05) is 18.4 Å². The van der Waals surface area contributed by atoms with Gasteiger partial charge in [-0.25, -0.2) is 8.42 Å². The fourth-order valence-electron chi connectivity index (χ4n) is 2.73. The van der Waals surface area contributed by atoms with E-state index in [9.17, 15) is 13.2 Å². The number of sulfonamides is 1. The third-order valence-corrected chi connectivity index (χ3v) is 7.07. The number of aryl methyl sites for hydroxylation is 2. The monoisotopic (exact) mass is 516 g/mol. The van der Waals surface area contributed by atoms with Gasteiger partial charge in [-0.15, -0.1) is 0 Å². The van der Waals surface area contributed by atoms with Gasteiger partial charge in [-0.3, -0.25) is 4.79 Å². The highest BCUT2D eigenvalue weighted by atomic mass is 79.9. The minimum absolute atomic E-state index is 0.161. The smallest absolute Gasteiger partial charge is 0.243 e. The average molecular weight is 518 g/mol. The largest absolute Gasteiger partial charge is 0.324 e. The molecule has 0 aliphatic heterocycles. The first-order valence-electron chi connectivity index (χ1n) is 8.53. The van der Waals surface area contributed by atoms with E-state index in [-0.39, 0.29) is 23.9 Å². The van der Waals surface area contributed by atoms with Gasteiger partial charge >= 0.3 is 0 Å². The molecule has 0 bridgehead atoms. The van der Waals surface area contributed by atoms with Crippen LogP contribution >= 0.6 is 31.9 Å². The lowest BCUT2D eigenvalue weighted by atomic mass is 10.1. The lowest BCUT2D eigenvalue weighted by Gasteiger charge is -2.21. The van der Waals surface area contributed by atoms with Gasteiger partial charge < -0.3 is 5.32 Å². The molecule has 0 radical (unpaired) electrons. The maximum absolute atomic E-state index is 12.8. The van der Waals surface area contributed by atoms with E-state index in [4.69, 9.17) is 0 Å². The van der Waals surface area contributed by atoms with E-state index in [1.165, 1.54) is 16.4 Å². The summed E-state index contributed by atoms with van der Waals surface area (Å²) < 4.78 is 28.6. The van der Waals surface area contributed by atoms with Gasteiger partial charge in [0, 0.05) is 21.2 Å². The topological polar surface area (TPSA) is 66.5 Å². The zero-order valence-electron chi connectivity index (χ0n) is 15.4. The molecule has 0 fully saturated rings. The highest BCUT2D eigenvalue weighted by Gasteiger charge is 2.25. The second-order valence-electron chi connectivity index (χ2n) is 6.04. The van der Waals surface area contributed by atoms with Gasteiger partial charge in [0.15, 0.2) is 0 Å². The van der Waals surface area contributed by atoms with Crippen molar-refractivity contribution >= 4 is 53.5 Å². The van der Waals surface area contributed by atoms with Crippen LogP contribution in [0.5, 0.6) is 0 Å². The lowest BCUT2D eigenvalue weighted by molar-refractivity contribution is -0.116. The first-order chi connectivity index (χ1) is 12.7. The number of amides is 1. The molecule has 0 saturated heterocycles. The molecule has 0 atom stereocenters. The van der Waals surface area contributed by atoms with Crippen LogP contribution in [0.3, 0.4) is 0 Å². The maximum atomic E-state index is 12.8. The Morgan fingerprint density at radius 3 is 2.26 bits per heavy atom. The summed E-state index contributed by atoms with van der Waals surface area (Å²) in [5.41, 5.74) is 2.66. The number of benzene rings is 2. The van der Waals surface area contributed by atoms with Gasteiger partial charge in [0.05, 0.1) is 11.4 Å². The third kappa shape index (κ3) is 5.40. The Balaban J connectivity index is 2.22. The zero-order valence-corrected chi connectivity index (χ0v) is 19.4. The van der Waals surface area contributed by atoms with Crippen molar-refractivity contribution in [1.29, 1.82) is 0 Å². The van der Waals surface area contributed by atoms with Gasteiger partial charge in [0.25, 0.3) is 0 Å². The van der Waals surface area contributed by atoms with Crippen molar-refractivity contribution in [3.05, 3.63) is 56.5 Å². The van der Waals surface area contributed by atoms with Gasteiger partial charge in [-0.05, 0) is 60.9 Å². The van der Waals surface area contributed by atoms with Gasteiger partial charge in [0.2, 0.25) is 15.9 Å². The zero-order chi connectivity index (χ0) is 20.2. The van der Waals surface area contributed by atoms with Crippen LogP contribution in [0.1, 0.15) is 25.0 Å². The molecule has 8 heteroatoms. The van der Waals surface area contributed by atoms with Crippen molar-refractivity contribution in [2.45, 2.75) is 32.1 Å². The predicted molar refractivity (Wildman–Crippen MR) is 115 cm³/mol. The molecule has 2 rings (SSSR count). The normalized spacial score (nSPS) is 11.6. The summed E-state index contributed by atoms with van der Waals surface area (Å²) in [6.07, 6.45) is 0.755. The first kappa shape index (κ1) is 22.1. The minimum atomic E-state index is -3.74. The van der Waals surface area contributed by atoms with E-state index in [0.717, 1.165) is 32.2 Å². The number of likely N-dealkylation sites (N-methyl/N-ethyl adjacent to an activating group) is 1. The molecule has 0 spiro atoms. The fourth-order valence-corrected chi connectivity index (χ4v) is 5.02. The fraction of sp³-hybridized carbons (Fsp3) is 0.316. The van der Waals surface area contributed by atoms with Crippen LogP contribution in [0.25, 0.3) is 0 Å². The maximum Gasteiger partial charge on any atom is 0.243 e. The van der Waals surface area contributed by atoms with Crippen molar-refractivity contribution in [3.63, 3.8) is 0 Å². The van der Waals surface area contributed by atoms with Crippen LogP contribution in [-0.2, 0) is 21.2 Å². The molecular weight excluding hydrogens is 496 g/mol. The van der Waals surface area contributed by atoms with E-state index in [2.05, 4.69) is 37.2 Å². The summed E-state index contributed by atoms with van der Waals surface area (Å²) in [5.74, 6) is -0.363. The number of nitrogens with zero attached hydrogens (tertiary/aromatic N) is 1. The number of carbonyl (C=O) groups excluding carboxylic acids is 1. The van der Waals surface area contributed by atoms with Crippen molar-refractivity contribution in [2.24, 2.45) is 0 Å². The van der Waals surface area contributed by atoms with Crippen LogP contribution in [0, 0.1) is 6.92 Å². The average Bonchev–Trinajstić information content (AvgIpc) is 2.61. The highest BCUT2D eigenvalue weighted by molar-refractivity contribution is 9.10. The number of hydrogen-bond acceptors (Lipinski definition) is 3. The number of carbonyl (C=O) groups is 1. The molecule has 0 aliphatic rings. The summed E-state index contributed by atoms with van der Waals surface area (Å²) in [7, 11) is -3.74. The van der Waals surface area contributed by atoms with E-state index in [0.29, 0.717) is 0 Å². The summed E-state index contributed by atoms with van der Waals surface area (Å²) in [4.78, 5) is 12.7. The minimum Gasteiger partial charge on any atom is -0.324 e. The summed E-state index contributed by atoms with van der Waals surface area (Å²) in [5, 5.41) is 2.88. The van der Waals surface area contributed by atoms with Gasteiger partial charge in [-0.2, -0.15) is 4.31 Å². The Labute approximate surface area is 177 Å². The Kier molecular flexibility index (Phi) is 7.62. The van der Waals surface area contributed by atoms with Crippen LogP contribution in [0.4, 0.5) is 5.69 Å². The highest BCUT2D eigenvalue weighted by Crippen LogP contribution is 2.26. The number of anilines is 1. The molecular formula is C19H22Br2N2O3S. The number of rotatable bonds is 7. The van der Waals surface area contributed by atoms with Crippen molar-refractivity contribution < 1.29 is 13.2 Å². The van der Waals surface area contributed by atoms with Crippen LogP contribution < -0.4 is 5.32 Å². The predicted octanol–water partition coefficient (Wildman–Crippen LogP) is 4.73. The lowest BCUT2D eigenvalue weighted by Crippen LogP contribution is -2.38. The second-order valence-corrected chi connectivity index (χ2v) is 9.81. The Morgan fingerprint density at radius 1 is 1.07 bits per heavy atom. The summed E-state index contributed by atoms with van der Waals surface area (Å²) >= 11 is 6.75. The number of hydrogen-bond donors (Lipinski definition) is 1. The van der Waals surface area contributed by atoms with Gasteiger partial charge in [0.1, 0.15) is 0 Å². The quantitative estimate of drug-likeness (QED) is 0.577. The summed E-state index contributed by atoms with van der Waals surface area (Å²) in [6.45, 7) is 5.59. The SMILES string of the molecule is CCc1cc(Br)cc(C)c1NC(=O)CN(CC)S(=O)(=O)c1ccc(Br)cc1. The molecule has 0 unspecified atom stereocenters. The first-order valence-corrected chi connectivity index (χ1v) is 11.6. The van der Waals surface area contributed by atoms with E-state index in [1.54, 1.807) is 19.1 Å². The van der Waals surface area contributed by atoms with Gasteiger partial charge in [-0.1, -0.05) is 45.7 Å². The molecule has 146 valence electrons.